The molecule has 5 rings (SSSR count). The van der Waals surface area contributed by atoms with E-state index in [-0.39, 0.29) is 5.91 Å². The van der Waals surface area contributed by atoms with Crippen molar-refractivity contribution in [3.8, 4) is 10.6 Å². The molecule has 31 heavy (non-hydrogen) atoms. The molecular weight excluding hydrogens is 430 g/mol. The molecule has 4 heterocycles. The molecule has 0 unspecified atom stereocenters. The lowest BCUT2D eigenvalue weighted by Crippen LogP contribution is -2.13. The van der Waals surface area contributed by atoms with Crippen LogP contribution in [-0.2, 0) is 6.42 Å². The average molecular weight is 448 g/mol. The van der Waals surface area contributed by atoms with E-state index < -0.39 is 0 Å². The fourth-order valence-electron chi connectivity index (χ4n) is 3.28. The first-order chi connectivity index (χ1) is 15.1. The van der Waals surface area contributed by atoms with Gasteiger partial charge in [0.15, 0.2) is 0 Å². The van der Waals surface area contributed by atoms with Gasteiger partial charge < -0.3 is 4.52 Å². The lowest BCUT2D eigenvalue weighted by atomic mass is 10.1. The number of benzene rings is 1. The number of nitrogens with zero attached hydrogens (tertiary/aromatic N) is 4. The average Bonchev–Trinajstić information content (AvgIpc) is 3.49. The van der Waals surface area contributed by atoms with Crippen molar-refractivity contribution in [2.24, 2.45) is 0 Å². The number of pyridine rings is 1. The lowest BCUT2D eigenvalue weighted by molar-refractivity contribution is 0.102. The van der Waals surface area contributed by atoms with Gasteiger partial charge in [0, 0.05) is 11.3 Å². The van der Waals surface area contributed by atoms with Crippen LogP contribution < -0.4 is 5.32 Å². The first-order valence-corrected chi connectivity index (χ1v) is 11.2. The van der Waals surface area contributed by atoms with E-state index in [1.807, 2.05) is 49.4 Å². The van der Waals surface area contributed by atoms with Gasteiger partial charge in [0.25, 0.3) is 11.6 Å². The van der Waals surface area contributed by atoms with Crippen molar-refractivity contribution >= 4 is 44.8 Å². The first-order valence-electron chi connectivity index (χ1n) is 9.58. The maximum atomic E-state index is 13.2. The van der Waals surface area contributed by atoms with Crippen LogP contribution in [0.5, 0.6) is 0 Å². The van der Waals surface area contributed by atoms with Gasteiger partial charge >= 0.3 is 0 Å². The smallest absolute Gasteiger partial charge is 0.259 e. The number of hydrogen-bond donors (Lipinski definition) is 1. The number of nitrogens with one attached hydrogen (secondary N) is 1. The Kier molecular flexibility index (Phi) is 5.05. The Morgan fingerprint density at radius 2 is 1.90 bits per heavy atom. The molecule has 0 bridgehead atoms. The molecule has 154 valence electrons. The molecule has 0 aliphatic rings. The maximum Gasteiger partial charge on any atom is 0.259 e. The number of carbonyl (C=O) groups excluding carboxylic acids is 1. The van der Waals surface area contributed by atoms with Gasteiger partial charge in [-0.05, 0) is 37.6 Å². The van der Waals surface area contributed by atoms with E-state index >= 15 is 0 Å². The normalized spacial score (nSPS) is 11.2. The van der Waals surface area contributed by atoms with Crippen molar-refractivity contribution in [2.75, 3.05) is 5.32 Å². The van der Waals surface area contributed by atoms with E-state index in [4.69, 9.17) is 4.52 Å². The van der Waals surface area contributed by atoms with Gasteiger partial charge in [0.05, 0.1) is 27.2 Å². The standard InChI is InChI=1S/C22H17N5O2S2/c1-12-8-9-17(30-12)16-11-15(19-13(2)27-29-21(19)23-16)20(28)24-22-26-25-18(31-22)10-14-6-4-3-5-7-14/h3-9,11H,10H2,1-2H3,(H,24,26,28). The lowest BCUT2D eigenvalue weighted by Gasteiger charge is -2.05. The molecule has 0 saturated heterocycles. The molecule has 1 N–H and O–H groups in total. The zero-order valence-corrected chi connectivity index (χ0v) is 18.4. The maximum absolute atomic E-state index is 13.2. The van der Waals surface area contributed by atoms with E-state index in [2.05, 4.69) is 25.7 Å². The van der Waals surface area contributed by atoms with Gasteiger partial charge in [0.2, 0.25) is 5.13 Å². The highest BCUT2D eigenvalue weighted by atomic mass is 32.1. The predicted molar refractivity (Wildman–Crippen MR) is 122 cm³/mol. The molecule has 0 radical (unpaired) electrons. The van der Waals surface area contributed by atoms with Crippen LogP contribution in [0.3, 0.4) is 0 Å². The van der Waals surface area contributed by atoms with Crippen LogP contribution in [0.4, 0.5) is 5.13 Å². The summed E-state index contributed by atoms with van der Waals surface area (Å²) in [5, 5.41) is 17.1. The molecule has 0 saturated carbocycles. The summed E-state index contributed by atoms with van der Waals surface area (Å²) in [7, 11) is 0. The molecule has 0 fully saturated rings. The minimum absolute atomic E-state index is 0.296. The highest BCUT2D eigenvalue weighted by Crippen LogP contribution is 2.31. The van der Waals surface area contributed by atoms with E-state index in [9.17, 15) is 4.79 Å². The largest absolute Gasteiger partial charge is 0.335 e. The van der Waals surface area contributed by atoms with Crippen molar-refractivity contribution in [3.05, 3.63) is 75.2 Å². The van der Waals surface area contributed by atoms with Crippen molar-refractivity contribution in [1.82, 2.24) is 20.3 Å². The second-order valence-electron chi connectivity index (χ2n) is 7.03. The van der Waals surface area contributed by atoms with Crippen LogP contribution in [0.15, 0.2) is 53.1 Å². The van der Waals surface area contributed by atoms with E-state index in [1.165, 1.54) is 11.3 Å². The Balaban J connectivity index is 1.45. The number of rotatable bonds is 5. The van der Waals surface area contributed by atoms with E-state index in [0.29, 0.717) is 39.6 Å². The van der Waals surface area contributed by atoms with Gasteiger partial charge in [0.1, 0.15) is 5.01 Å². The fraction of sp³-hybridized carbons (Fsp3) is 0.136. The fourth-order valence-corrected chi connectivity index (χ4v) is 4.88. The van der Waals surface area contributed by atoms with Crippen LogP contribution in [0.25, 0.3) is 21.7 Å². The molecule has 9 heteroatoms. The number of carbonyl (C=O) groups is 1. The predicted octanol–water partition coefficient (Wildman–Crippen LogP) is 5.26. The number of amides is 1. The molecule has 5 aromatic rings. The van der Waals surface area contributed by atoms with Crippen molar-refractivity contribution in [3.63, 3.8) is 0 Å². The molecule has 7 nitrogen and oxygen atoms in total. The topological polar surface area (TPSA) is 93.8 Å². The van der Waals surface area contributed by atoms with Crippen LogP contribution in [0.1, 0.15) is 31.5 Å². The second-order valence-corrected chi connectivity index (χ2v) is 9.38. The number of fused-ring (bicyclic) bond motifs is 1. The molecular formula is C22H17N5O2S2. The molecule has 0 atom stereocenters. The molecule has 0 aliphatic heterocycles. The summed E-state index contributed by atoms with van der Waals surface area (Å²) in [6, 6.07) is 15.8. The van der Waals surface area contributed by atoms with Crippen molar-refractivity contribution in [2.45, 2.75) is 20.3 Å². The molecule has 4 aromatic heterocycles. The number of aryl methyl sites for hydroxylation is 2. The van der Waals surface area contributed by atoms with Crippen molar-refractivity contribution < 1.29 is 9.32 Å². The summed E-state index contributed by atoms with van der Waals surface area (Å²) < 4.78 is 5.37. The first kappa shape index (κ1) is 19.5. The zero-order chi connectivity index (χ0) is 21.4. The van der Waals surface area contributed by atoms with Crippen molar-refractivity contribution in [1.29, 1.82) is 0 Å². The minimum atomic E-state index is -0.296. The van der Waals surface area contributed by atoms with Crippen LogP contribution in [0.2, 0.25) is 0 Å². The number of anilines is 1. The Morgan fingerprint density at radius 1 is 1.06 bits per heavy atom. The number of aromatic nitrogens is 4. The van der Waals surface area contributed by atoms with Gasteiger partial charge in [-0.1, -0.05) is 46.8 Å². The summed E-state index contributed by atoms with van der Waals surface area (Å²) >= 11 is 2.97. The summed E-state index contributed by atoms with van der Waals surface area (Å²) in [5.74, 6) is -0.296. The quantitative estimate of drug-likeness (QED) is 0.395. The molecule has 1 aromatic carbocycles. The van der Waals surface area contributed by atoms with E-state index in [0.717, 1.165) is 20.3 Å². The third-order valence-electron chi connectivity index (χ3n) is 4.74. The Hall–Kier alpha value is -3.43. The van der Waals surface area contributed by atoms with Gasteiger partial charge in [-0.3, -0.25) is 10.1 Å². The van der Waals surface area contributed by atoms with Gasteiger partial charge in [-0.2, -0.15) is 0 Å². The van der Waals surface area contributed by atoms with Gasteiger partial charge in [-0.25, -0.2) is 4.98 Å². The summed E-state index contributed by atoms with van der Waals surface area (Å²) in [6.45, 7) is 3.82. The van der Waals surface area contributed by atoms with E-state index in [1.54, 1.807) is 24.3 Å². The monoisotopic (exact) mass is 447 g/mol. The molecule has 1 amide bonds. The van der Waals surface area contributed by atoms with Gasteiger partial charge in [-0.15, -0.1) is 21.5 Å². The van der Waals surface area contributed by atoms with Crippen LogP contribution >= 0.6 is 22.7 Å². The summed E-state index contributed by atoms with van der Waals surface area (Å²) in [4.78, 5) is 19.9. The van der Waals surface area contributed by atoms with Crippen LogP contribution in [-0.4, -0.2) is 26.2 Å². The Morgan fingerprint density at radius 3 is 2.68 bits per heavy atom. The highest BCUT2D eigenvalue weighted by Gasteiger charge is 2.21. The third kappa shape index (κ3) is 3.97. The molecule has 0 aliphatic carbocycles. The highest BCUT2D eigenvalue weighted by molar-refractivity contribution is 7.15. The zero-order valence-electron chi connectivity index (χ0n) is 16.7. The Bertz CT molecular complexity index is 1390. The summed E-state index contributed by atoms with van der Waals surface area (Å²) in [5.41, 5.74) is 3.22. The SMILES string of the molecule is Cc1ccc(-c2cc(C(=O)Nc3nnc(Cc4ccccc4)s3)c3c(C)noc3n2)s1. The number of thiophene rings is 1. The number of hydrogen-bond acceptors (Lipinski definition) is 8. The van der Waals surface area contributed by atoms with Crippen LogP contribution in [0, 0.1) is 13.8 Å². The minimum Gasteiger partial charge on any atom is -0.335 e. The Labute approximate surface area is 185 Å². The third-order valence-corrected chi connectivity index (χ3v) is 6.60. The second kappa shape index (κ2) is 8.01. The summed E-state index contributed by atoms with van der Waals surface area (Å²) in [6.07, 6.45) is 0.667. The molecule has 0 spiro atoms.